The van der Waals surface area contributed by atoms with Gasteiger partial charge < -0.3 is 10.6 Å². The maximum Gasteiger partial charge on any atom is 0.314 e. The summed E-state index contributed by atoms with van der Waals surface area (Å²) in [7, 11) is 0. The number of hydrogen-bond donors (Lipinski definition) is 2. The van der Waals surface area contributed by atoms with E-state index in [1.54, 1.807) is 24.3 Å². The lowest BCUT2D eigenvalue weighted by Crippen LogP contribution is -2.29. The molecule has 3 aromatic carbocycles. The van der Waals surface area contributed by atoms with Crippen LogP contribution in [0.4, 0.5) is 11.4 Å². The summed E-state index contributed by atoms with van der Waals surface area (Å²) < 4.78 is 0. The Morgan fingerprint density at radius 2 is 1.44 bits per heavy atom. The molecule has 0 radical (unpaired) electrons. The molecule has 0 unspecified atom stereocenters. The van der Waals surface area contributed by atoms with Crippen molar-refractivity contribution < 1.29 is 9.59 Å². The normalized spacial score (nSPS) is 10.3. The van der Waals surface area contributed by atoms with Gasteiger partial charge in [0.15, 0.2) is 0 Å². The molecule has 0 saturated heterocycles. The van der Waals surface area contributed by atoms with Crippen molar-refractivity contribution >= 4 is 46.6 Å². The average Bonchev–Trinajstić information content (AvgIpc) is 2.66. The van der Waals surface area contributed by atoms with E-state index in [-0.39, 0.29) is 0 Å². The fourth-order valence-electron chi connectivity index (χ4n) is 2.40. The van der Waals surface area contributed by atoms with E-state index in [9.17, 15) is 9.59 Å². The van der Waals surface area contributed by atoms with E-state index in [1.165, 1.54) is 11.8 Å². The summed E-state index contributed by atoms with van der Waals surface area (Å²) in [5.74, 6) is -1.47. The molecule has 27 heavy (non-hydrogen) atoms. The van der Waals surface area contributed by atoms with Gasteiger partial charge in [-0.2, -0.15) is 0 Å². The maximum absolute atomic E-state index is 12.3. The molecule has 0 aliphatic heterocycles. The second-order valence-electron chi connectivity index (χ2n) is 5.78. The first kappa shape index (κ1) is 19.0. The number of para-hydroxylation sites is 1. The Hall–Kier alpha value is -2.76. The second kappa shape index (κ2) is 8.75. The largest absolute Gasteiger partial charge is 0.318 e. The van der Waals surface area contributed by atoms with E-state index in [0.717, 1.165) is 15.4 Å². The van der Waals surface area contributed by atoms with Crippen molar-refractivity contribution in [1.29, 1.82) is 0 Å². The summed E-state index contributed by atoms with van der Waals surface area (Å²) in [5.41, 5.74) is 1.91. The van der Waals surface area contributed by atoms with Gasteiger partial charge in [0.2, 0.25) is 0 Å². The van der Waals surface area contributed by atoms with Gasteiger partial charge in [-0.3, -0.25) is 9.59 Å². The van der Waals surface area contributed by atoms with Crippen LogP contribution in [0.1, 0.15) is 5.56 Å². The molecule has 3 rings (SSSR count). The van der Waals surface area contributed by atoms with Gasteiger partial charge in [-0.15, -0.1) is 0 Å². The molecule has 2 amide bonds. The van der Waals surface area contributed by atoms with E-state index in [4.69, 9.17) is 11.6 Å². The third-order valence-corrected chi connectivity index (χ3v) is 5.07. The smallest absolute Gasteiger partial charge is 0.314 e. The van der Waals surface area contributed by atoms with Gasteiger partial charge in [0.1, 0.15) is 0 Å². The van der Waals surface area contributed by atoms with Gasteiger partial charge in [0.25, 0.3) is 0 Å². The fraction of sp³-hybridized carbons (Fsp3) is 0.0476. The zero-order chi connectivity index (χ0) is 19.2. The van der Waals surface area contributed by atoms with Crippen LogP contribution in [-0.4, -0.2) is 11.8 Å². The van der Waals surface area contributed by atoms with Gasteiger partial charge in [-0.05, 0) is 55.0 Å². The Morgan fingerprint density at radius 3 is 2.15 bits per heavy atom. The molecule has 0 spiro atoms. The van der Waals surface area contributed by atoms with E-state index < -0.39 is 11.8 Å². The van der Waals surface area contributed by atoms with Crippen LogP contribution in [-0.2, 0) is 9.59 Å². The summed E-state index contributed by atoms with van der Waals surface area (Å²) in [4.78, 5) is 26.5. The van der Waals surface area contributed by atoms with Crippen LogP contribution in [0.25, 0.3) is 0 Å². The molecule has 3 aromatic rings. The summed E-state index contributed by atoms with van der Waals surface area (Å²) in [5, 5.41) is 5.87. The van der Waals surface area contributed by atoms with Crippen LogP contribution in [0.2, 0.25) is 5.02 Å². The van der Waals surface area contributed by atoms with Crippen LogP contribution < -0.4 is 10.6 Å². The highest BCUT2D eigenvalue weighted by atomic mass is 35.5. The molecule has 136 valence electrons. The topological polar surface area (TPSA) is 58.2 Å². The van der Waals surface area contributed by atoms with Crippen LogP contribution in [0.5, 0.6) is 0 Å². The zero-order valence-corrected chi connectivity index (χ0v) is 16.1. The highest BCUT2D eigenvalue weighted by molar-refractivity contribution is 7.99. The lowest BCUT2D eigenvalue weighted by Gasteiger charge is -2.12. The lowest BCUT2D eigenvalue weighted by atomic mass is 10.2. The number of carbonyl (C=O) groups is 2. The van der Waals surface area contributed by atoms with Gasteiger partial charge in [0.05, 0.1) is 5.69 Å². The molecule has 0 aliphatic rings. The first-order valence-corrected chi connectivity index (χ1v) is 9.43. The van der Waals surface area contributed by atoms with Crippen LogP contribution in [0.3, 0.4) is 0 Å². The minimum absolute atomic E-state index is 0.548. The highest BCUT2D eigenvalue weighted by Crippen LogP contribution is 2.33. The Kier molecular flexibility index (Phi) is 6.16. The Morgan fingerprint density at radius 1 is 0.815 bits per heavy atom. The van der Waals surface area contributed by atoms with Crippen molar-refractivity contribution in [2.24, 2.45) is 0 Å². The van der Waals surface area contributed by atoms with Gasteiger partial charge in [0, 0.05) is 20.5 Å². The maximum atomic E-state index is 12.3. The van der Waals surface area contributed by atoms with Crippen molar-refractivity contribution in [1.82, 2.24) is 0 Å². The van der Waals surface area contributed by atoms with E-state index in [0.29, 0.717) is 16.4 Å². The van der Waals surface area contributed by atoms with Crippen molar-refractivity contribution in [2.75, 3.05) is 10.6 Å². The summed E-state index contributed by atoms with van der Waals surface area (Å²) in [6, 6.07) is 22.2. The SMILES string of the molecule is Cc1cc(Cl)ccc1NC(=O)C(=O)Nc1ccccc1Sc1ccccc1. The van der Waals surface area contributed by atoms with Crippen molar-refractivity contribution in [3.8, 4) is 0 Å². The standard InChI is InChI=1S/C21H17ClN2O2S/c1-14-13-15(22)11-12-17(14)23-20(25)21(26)24-18-9-5-6-10-19(18)27-16-7-3-2-4-8-16/h2-13H,1H3,(H,23,25)(H,24,26). The first-order valence-electron chi connectivity index (χ1n) is 8.23. The number of halogens is 1. The molecule has 0 aliphatic carbocycles. The van der Waals surface area contributed by atoms with E-state index in [2.05, 4.69) is 10.6 Å². The number of amides is 2. The molecular weight excluding hydrogens is 380 g/mol. The quantitative estimate of drug-likeness (QED) is 0.582. The van der Waals surface area contributed by atoms with Crippen molar-refractivity contribution in [2.45, 2.75) is 16.7 Å². The number of benzene rings is 3. The molecule has 6 heteroatoms. The van der Waals surface area contributed by atoms with Crippen molar-refractivity contribution in [3.05, 3.63) is 83.4 Å². The molecule has 2 N–H and O–H groups in total. The van der Waals surface area contributed by atoms with Gasteiger partial charge in [-0.1, -0.05) is 53.7 Å². The Bertz CT molecular complexity index is 977. The summed E-state index contributed by atoms with van der Waals surface area (Å²) in [6.07, 6.45) is 0. The Labute approximate surface area is 166 Å². The fourth-order valence-corrected chi connectivity index (χ4v) is 3.55. The van der Waals surface area contributed by atoms with E-state index >= 15 is 0 Å². The molecular formula is C21H17ClN2O2S. The highest BCUT2D eigenvalue weighted by Gasteiger charge is 2.16. The number of hydrogen-bond acceptors (Lipinski definition) is 3. The number of nitrogens with one attached hydrogen (secondary N) is 2. The van der Waals surface area contributed by atoms with E-state index in [1.807, 2.05) is 55.5 Å². The third-order valence-electron chi connectivity index (χ3n) is 3.75. The first-order chi connectivity index (χ1) is 13.0. The monoisotopic (exact) mass is 396 g/mol. The predicted molar refractivity (Wildman–Crippen MR) is 110 cm³/mol. The minimum atomic E-state index is -0.736. The number of carbonyl (C=O) groups excluding carboxylic acids is 2. The lowest BCUT2D eigenvalue weighted by molar-refractivity contribution is -0.133. The molecule has 0 fully saturated rings. The summed E-state index contributed by atoms with van der Waals surface area (Å²) >= 11 is 7.43. The second-order valence-corrected chi connectivity index (χ2v) is 7.33. The van der Waals surface area contributed by atoms with Crippen LogP contribution in [0.15, 0.2) is 82.6 Å². The van der Waals surface area contributed by atoms with Gasteiger partial charge in [-0.25, -0.2) is 0 Å². The molecule has 0 atom stereocenters. The summed E-state index contributed by atoms with van der Waals surface area (Å²) in [6.45, 7) is 1.81. The van der Waals surface area contributed by atoms with Gasteiger partial charge >= 0.3 is 11.8 Å². The number of aryl methyl sites for hydroxylation is 1. The molecule has 0 aromatic heterocycles. The molecule has 0 heterocycles. The predicted octanol–water partition coefficient (Wildman–Crippen LogP) is 5.38. The van der Waals surface area contributed by atoms with Crippen molar-refractivity contribution in [3.63, 3.8) is 0 Å². The Balaban J connectivity index is 1.71. The molecule has 0 bridgehead atoms. The third kappa shape index (κ3) is 5.12. The molecule has 0 saturated carbocycles. The molecule has 4 nitrogen and oxygen atoms in total. The zero-order valence-electron chi connectivity index (χ0n) is 14.5. The number of rotatable bonds is 4. The average molecular weight is 397 g/mol. The van der Waals surface area contributed by atoms with Crippen LogP contribution >= 0.6 is 23.4 Å². The number of anilines is 2. The minimum Gasteiger partial charge on any atom is -0.318 e. The van der Waals surface area contributed by atoms with Crippen LogP contribution in [0, 0.1) is 6.92 Å².